The number of hydrogen-bond donors (Lipinski definition) is 3. The summed E-state index contributed by atoms with van der Waals surface area (Å²) in [5.41, 5.74) is 0.511. The van der Waals surface area contributed by atoms with E-state index in [9.17, 15) is 0 Å². The van der Waals surface area contributed by atoms with Gasteiger partial charge in [0.25, 0.3) is 0 Å². The maximum absolute atomic E-state index is 3.61. The van der Waals surface area contributed by atoms with Gasteiger partial charge >= 0.3 is 0 Å². The Morgan fingerprint density at radius 1 is 0.786 bits per heavy atom. The first-order valence-corrected chi connectivity index (χ1v) is 5.44. The summed E-state index contributed by atoms with van der Waals surface area (Å²) in [6.07, 6.45) is 0.765. The molecule has 0 aromatic carbocycles. The van der Waals surface area contributed by atoms with Crippen LogP contribution in [-0.4, -0.2) is 19.0 Å². The van der Waals surface area contributed by atoms with Gasteiger partial charge in [0.05, 0.1) is 12.3 Å². The molecule has 0 aromatic heterocycles. The van der Waals surface area contributed by atoms with E-state index in [1.807, 2.05) is 0 Å². The third kappa shape index (κ3) is 2.94. The van der Waals surface area contributed by atoms with Crippen molar-refractivity contribution in [3.8, 4) is 0 Å². The summed E-state index contributed by atoms with van der Waals surface area (Å²) in [6, 6.07) is 0. The maximum atomic E-state index is 3.61. The zero-order chi connectivity index (χ0) is 11.0. The highest BCUT2D eigenvalue weighted by Crippen LogP contribution is 2.23. The molecule has 3 heteroatoms. The van der Waals surface area contributed by atoms with Crippen LogP contribution in [0.1, 0.15) is 41.5 Å². The average molecular weight is 199 g/mol. The molecule has 0 radical (unpaired) electrons. The molecule has 84 valence electrons. The lowest BCUT2D eigenvalue weighted by Gasteiger charge is -2.44. The molecule has 1 saturated heterocycles. The van der Waals surface area contributed by atoms with Crippen LogP contribution in [0.4, 0.5) is 0 Å². The highest BCUT2D eigenvalue weighted by Gasteiger charge is 2.34. The van der Waals surface area contributed by atoms with E-state index in [2.05, 4.69) is 57.5 Å². The Balaban J connectivity index is 2.61. The molecule has 14 heavy (non-hydrogen) atoms. The first-order valence-electron chi connectivity index (χ1n) is 5.44. The Kier molecular flexibility index (Phi) is 3.24. The molecule has 0 saturated carbocycles. The van der Waals surface area contributed by atoms with Crippen molar-refractivity contribution in [1.82, 2.24) is 16.0 Å². The zero-order valence-corrected chi connectivity index (χ0v) is 10.4. The van der Waals surface area contributed by atoms with Crippen LogP contribution in [0.15, 0.2) is 0 Å². The molecule has 0 aromatic rings. The summed E-state index contributed by atoms with van der Waals surface area (Å²) >= 11 is 0. The SMILES string of the molecule is CC(C)(C)C1NCNC(C(C)(C)C)N1. The van der Waals surface area contributed by atoms with E-state index in [0.29, 0.717) is 12.3 Å². The van der Waals surface area contributed by atoms with Gasteiger partial charge in [-0.1, -0.05) is 41.5 Å². The Labute approximate surface area is 88.0 Å². The summed E-state index contributed by atoms with van der Waals surface area (Å²) in [6.45, 7) is 14.4. The van der Waals surface area contributed by atoms with Crippen molar-refractivity contribution < 1.29 is 0 Å². The molecule has 1 aliphatic rings. The minimum absolute atomic E-state index is 0.256. The van der Waals surface area contributed by atoms with Crippen molar-refractivity contribution >= 4 is 0 Å². The first-order chi connectivity index (χ1) is 6.21. The van der Waals surface area contributed by atoms with Gasteiger partial charge in [-0.05, 0) is 10.8 Å². The third-order valence-electron chi connectivity index (χ3n) is 2.68. The average Bonchev–Trinajstić information content (AvgIpc) is 2.01. The fraction of sp³-hybridized carbons (Fsp3) is 1.00. The largest absolute Gasteiger partial charge is 0.289 e. The third-order valence-corrected chi connectivity index (χ3v) is 2.68. The van der Waals surface area contributed by atoms with Crippen LogP contribution in [-0.2, 0) is 0 Å². The van der Waals surface area contributed by atoms with Crippen molar-refractivity contribution in [2.75, 3.05) is 6.67 Å². The van der Waals surface area contributed by atoms with Crippen molar-refractivity contribution in [2.24, 2.45) is 10.8 Å². The number of hydrogen-bond acceptors (Lipinski definition) is 3. The standard InChI is InChI=1S/C11H25N3/c1-10(2,3)8-12-7-13-9(14-8)11(4,5)6/h8-9,12-14H,7H2,1-6H3. The molecule has 1 fully saturated rings. The van der Waals surface area contributed by atoms with Gasteiger partial charge in [-0.15, -0.1) is 0 Å². The topological polar surface area (TPSA) is 36.1 Å². The van der Waals surface area contributed by atoms with Crippen LogP contribution >= 0.6 is 0 Å². The lowest BCUT2D eigenvalue weighted by atomic mass is 9.87. The summed E-state index contributed by atoms with van der Waals surface area (Å²) in [5.74, 6) is 0. The summed E-state index contributed by atoms with van der Waals surface area (Å²) in [5, 5.41) is 10.5. The monoisotopic (exact) mass is 199 g/mol. The fourth-order valence-corrected chi connectivity index (χ4v) is 1.66. The van der Waals surface area contributed by atoms with Crippen molar-refractivity contribution in [1.29, 1.82) is 0 Å². The molecule has 1 aliphatic heterocycles. The molecule has 0 aliphatic carbocycles. The molecule has 0 amide bonds. The van der Waals surface area contributed by atoms with Crippen LogP contribution in [0.3, 0.4) is 0 Å². The predicted molar refractivity (Wildman–Crippen MR) is 60.8 cm³/mol. The van der Waals surface area contributed by atoms with Crippen LogP contribution in [0, 0.1) is 10.8 Å². The van der Waals surface area contributed by atoms with Crippen molar-refractivity contribution in [2.45, 2.75) is 53.9 Å². The molecule has 3 N–H and O–H groups in total. The van der Waals surface area contributed by atoms with Crippen LogP contribution in [0.25, 0.3) is 0 Å². The smallest absolute Gasteiger partial charge is 0.0643 e. The highest BCUT2D eigenvalue weighted by molar-refractivity contribution is 4.89. The molecule has 2 unspecified atom stereocenters. The molecular formula is C11H25N3. The summed E-state index contributed by atoms with van der Waals surface area (Å²) in [4.78, 5) is 0. The van der Waals surface area contributed by atoms with Crippen molar-refractivity contribution in [3.05, 3.63) is 0 Å². The van der Waals surface area contributed by atoms with Gasteiger partial charge in [0.2, 0.25) is 0 Å². The van der Waals surface area contributed by atoms with E-state index in [0.717, 1.165) is 6.67 Å². The molecule has 0 spiro atoms. The molecule has 1 heterocycles. The Hall–Kier alpha value is -0.120. The minimum atomic E-state index is 0.256. The lowest BCUT2D eigenvalue weighted by Crippen LogP contribution is -2.68. The molecule has 0 bridgehead atoms. The predicted octanol–water partition coefficient (Wildman–Crippen LogP) is 1.47. The quantitative estimate of drug-likeness (QED) is 0.553. The second kappa shape index (κ2) is 3.80. The second-order valence-corrected chi connectivity index (χ2v) is 6.35. The molecule has 2 atom stereocenters. The van der Waals surface area contributed by atoms with E-state index in [1.165, 1.54) is 0 Å². The van der Waals surface area contributed by atoms with Gasteiger partial charge in [-0.2, -0.15) is 0 Å². The van der Waals surface area contributed by atoms with E-state index in [1.54, 1.807) is 0 Å². The van der Waals surface area contributed by atoms with Crippen LogP contribution < -0.4 is 16.0 Å². The number of nitrogens with one attached hydrogen (secondary N) is 3. The van der Waals surface area contributed by atoms with Gasteiger partial charge in [-0.3, -0.25) is 16.0 Å². The van der Waals surface area contributed by atoms with Crippen LogP contribution in [0.2, 0.25) is 0 Å². The highest BCUT2D eigenvalue weighted by atomic mass is 15.3. The summed E-state index contributed by atoms with van der Waals surface area (Å²) < 4.78 is 0. The van der Waals surface area contributed by atoms with Crippen molar-refractivity contribution in [3.63, 3.8) is 0 Å². The Morgan fingerprint density at radius 3 is 1.43 bits per heavy atom. The van der Waals surface area contributed by atoms with E-state index < -0.39 is 0 Å². The Bertz CT molecular complexity index is 168. The van der Waals surface area contributed by atoms with E-state index >= 15 is 0 Å². The van der Waals surface area contributed by atoms with Gasteiger partial charge < -0.3 is 0 Å². The van der Waals surface area contributed by atoms with E-state index in [-0.39, 0.29) is 10.8 Å². The molecular weight excluding hydrogens is 174 g/mol. The van der Waals surface area contributed by atoms with Gasteiger partial charge in [0.1, 0.15) is 0 Å². The normalized spacial score (nSPS) is 30.4. The van der Waals surface area contributed by atoms with E-state index in [4.69, 9.17) is 0 Å². The number of rotatable bonds is 0. The lowest BCUT2D eigenvalue weighted by molar-refractivity contribution is 0.0974. The van der Waals surface area contributed by atoms with Gasteiger partial charge in [0.15, 0.2) is 0 Å². The van der Waals surface area contributed by atoms with Gasteiger partial charge in [0, 0.05) is 6.67 Å². The van der Waals surface area contributed by atoms with Crippen LogP contribution in [0.5, 0.6) is 0 Å². The minimum Gasteiger partial charge on any atom is -0.289 e. The summed E-state index contributed by atoms with van der Waals surface area (Å²) in [7, 11) is 0. The van der Waals surface area contributed by atoms with Gasteiger partial charge in [-0.25, -0.2) is 0 Å². The molecule has 1 rings (SSSR count). The Morgan fingerprint density at radius 2 is 1.14 bits per heavy atom. The molecule has 3 nitrogen and oxygen atoms in total. The zero-order valence-electron chi connectivity index (χ0n) is 10.4. The first kappa shape index (κ1) is 12.0. The second-order valence-electron chi connectivity index (χ2n) is 6.35. The fourth-order valence-electron chi connectivity index (χ4n) is 1.66. The maximum Gasteiger partial charge on any atom is 0.0643 e.